The van der Waals surface area contributed by atoms with Gasteiger partial charge in [0.15, 0.2) is 0 Å². The number of nitrogens with one attached hydrogen (secondary N) is 2. The molecular weight excluding hydrogens is 454 g/mol. The van der Waals surface area contributed by atoms with Crippen molar-refractivity contribution < 1.29 is 22.7 Å². The number of amides is 2. The third kappa shape index (κ3) is 5.66. The van der Waals surface area contributed by atoms with Crippen LogP contribution in [0.25, 0.3) is 0 Å². The fourth-order valence-corrected chi connectivity index (χ4v) is 5.45. The van der Waals surface area contributed by atoms with E-state index >= 15 is 0 Å². The summed E-state index contributed by atoms with van der Waals surface area (Å²) in [6.07, 6.45) is -0.374. The first-order valence-corrected chi connectivity index (χ1v) is 12.0. The number of sulfonamides is 1. The number of rotatable bonds is 6. The summed E-state index contributed by atoms with van der Waals surface area (Å²) in [5, 5.41) is 5.45. The van der Waals surface area contributed by atoms with E-state index in [0.717, 1.165) is 5.56 Å². The summed E-state index contributed by atoms with van der Waals surface area (Å²) in [4.78, 5) is 24.6. The van der Waals surface area contributed by atoms with Gasteiger partial charge >= 0.3 is 11.8 Å². The molecule has 2 N–H and O–H groups in total. The molecule has 10 heteroatoms. The monoisotopic (exact) mass is 479 g/mol. The minimum Gasteiger partial charge on any atom is -0.360 e. The van der Waals surface area contributed by atoms with Crippen molar-refractivity contribution in [2.75, 3.05) is 19.7 Å². The van der Waals surface area contributed by atoms with Gasteiger partial charge in [0.2, 0.25) is 10.0 Å². The lowest BCUT2D eigenvalue weighted by molar-refractivity contribution is -0.140. The number of hydrogen-bond acceptors (Lipinski definition) is 5. The van der Waals surface area contributed by atoms with E-state index in [4.69, 9.17) is 16.3 Å². The summed E-state index contributed by atoms with van der Waals surface area (Å²) < 4.78 is 33.4. The zero-order valence-electron chi connectivity index (χ0n) is 17.9. The van der Waals surface area contributed by atoms with Crippen LogP contribution in [-0.4, -0.2) is 50.5 Å². The van der Waals surface area contributed by atoms with Crippen molar-refractivity contribution in [2.45, 2.75) is 37.9 Å². The maximum absolute atomic E-state index is 13.3. The predicted molar refractivity (Wildman–Crippen MR) is 120 cm³/mol. The van der Waals surface area contributed by atoms with E-state index in [-0.39, 0.29) is 24.5 Å². The van der Waals surface area contributed by atoms with Crippen LogP contribution >= 0.6 is 11.6 Å². The normalized spacial score (nSPS) is 17.0. The number of benzene rings is 2. The molecule has 1 atom stereocenters. The summed E-state index contributed by atoms with van der Waals surface area (Å²) in [6.45, 7) is 4.12. The Hall–Kier alpha value is -2.46. The molecule has 1 saturated heterocycles. The number of ether oxygens (including phenoxy) is 1. The lowest BCUT2D eigenvalue weighted by atomic mass is 10.2. The van der Waals surface area contributed by atoms with Gasteiger partial charge in [0.25, 0.3) is 0 Å². The first-order valence-electron chi connectivity index (χ1n) is 10.2. The van der Waals surface area contributed by atoms with Gasteiger partial charge in [-0.15, -0.1) is 0 Å². The van der Waals surface area contributed by atoms with Crippen molar-refractivity contribution in [2.24, 2.45) is 0 Å². The number of halogens is 1. The topological polar surface area (TPSA) is 105 Å². The van der Waals surface area contributed by atoms with E-state index in [2.05, 4.69) is 10.6 Å². The first-order chi connectivity index (χ1) is 15.2. The highest BCUT2D eigenvalue weighted by atomic mass is 35.5. The molecule has 0 aromatic heterocycles. The lowest BCUT2D eigenvalue weighted by Crippen LogP contribution is -2.53. The summed E-state index contributed by atoms with van der Waals surface area (Å²) in [6, 6.07) is 12.2. The average Bonchev–Trinajstić information content (AvgIpc) is 2.78. The van der Waals surface area contributed by atoms with Gasteiger partial charge in [-0.25, -0.2) is 8.42 Å². The highest BCUT2D eigenvalue weighted by Crippen LogP contribution is 2.25. The summed E-state index contributed by atoms with van der Waals surface area (Å²) in [7, 11) is -3.84. The second kappa shape index (κ2) is 10.4. The van der Waals surface area contributed by atoms with Crippen LogP contribution in [0.1, 0.15) is 23.1 Å². The molecule has 1 aliphatic rings. The van der Waals surface area contributed by atoms with Crippen molar-refractivity contribution in [3.05, 3.63) is 64.2 Å². The van der Waals surface area contributed by atoms with Crippen LogP contribution < -0.4 is 10.6 Å². The molecule has 0 radical (unpaired) electrons. The van der Waals surface area contributed by atoms with Crippen molar-refractivity contribution in [1.29, 1.82) is 0 Å². The second-order valence-electron chi connectivity index (χ2n) is 7.55. The highest BCUT2D eigenvalue weighted by molar-refractivity contribution is 7.89. The van der Waals surface area contributed by atoms with Gasteiger partial charge < -0.3 is 15.4 Å². The van der Waals surface area contributed by atoms with Crippen LogP contribution in [-0.2, 0) is 30.9 Å². The van der Waals surface area contributed by atoms with Crippen LogP contribution in [0.3, 0.4) is 0 Å². The van der Waals surface area contributed by atoms with E-state index in [1.165, 1.54) is 4.31 Å². The van der Waals surface area contributed by atoms with Gasteiger partial charge in [0, 0.05) is 18.1 Å². The molecule has 1 unspecified atom stereocenters. The molecule has 2 aromatic rings. The van der Waals surface area contributed by atoms with Crippen LogP contribution in [0.15, 0.2) is 47.4 Å². The molecule has 0 spiro atoms. The zero-order chi connectivity index (χ0) is 23.3. The first kappa shape index (κ1) is 24.2. The fourth-order valence-electron chi connectivity index (χ4n) is 3.37. The van der Waals surface area contributed by atoms with Crippen LogP contribution in [0.5, 0.6) is 0 Å². The maximum atomic E-state index is 13.3. The van der Waals surface area contributed by atoms with Crippen molar-refractivity contribution in [3.63, 3.8) is 0 Å². The molecule has 3 rings (SSSR count). The molecule has 1 heterocycles. The zero-order valence-corrected chi connectivity index (χ0v) is 19.5. The standard InChI is InChI=1S/C22H26ClN3O5S/c1-15-8-9-16(2)19(12-15)32(29,30)26-10-5-11-31-20(26)14-25-22(28)21(27)24-13-17-6-3-4-7-18(17)23/h3-4,6-9,12,20H,5,10-11,13-14H2,1-2H3,(H,24,27)(H,25,28). The molecule has 0 bridgehead atoms. The second-order valence-corrected chi connectivity index (χ2v) is 9.81. The number of carbonyl (C=O) groups is 2. The van der Waals surface area contributed by atoms with Gasteiger partial charge in [-0.1, -0.05) is 41.9 Å². The van der Waals surface area contributed by atoms with Gasteiger partial charge in [0.05, 0.1) is 18.0 Å². The van der Waals surface area contributed by atoms with Crippen LogP contribution in [0.2, 0.25) is 5.02 Å². The maximum Gasteiger partial charge on any atom is 0.309 e. The predicted octanol–water partition coefficient (Wildman–Crippen LogP) is 2.13. The quantitative estimate of drug-likeness (QED) is 0.617. The third-order valence-electron chi connectivity index (χ3n) is 5.13. The van der Waals surface area contributed by atoms with Crippen molar-refractivity contribution >= 4 is 33.4 Å². The molecular formula is C22H26ClN3O5S. The molecule has 172 valence electrons. The van der Waals surface area contributed by atoms with E-state index in [1.54, 1.807) is 43.3 Å². The smallest absolute Gasteiger partial charge is 0.309 e. The number of carbonyl (C=O) groups excluding carboxylic acids is 2. The van der Waals surface area contributed by atoms with Gasteiger partial charge in [0.1, 0.15) is 6.23 Å². The molecule has 2 aromatic carbocycles. The largest absolute Gasteiger partial charge is 0.360 e. The van der Waals surface area contributed by atoms with Gasteiger partial charge in [-0.2, -0.15) is 4.31 Å². The Morgan fingerprint density at radius 3 is 2.59 bits per heavy atom. The number of aryl methyl sites for hydroxylation is 2. The van der Waals surface area contributed by atoms with Gasteiger partial charge in [-0.05, 0) is 49.1 Å². The Kier molecular flexibility index (Phi) is 7.89. The Morgan fingerprint density at radius 2 is 1.84 bits per heavy atom. The molecule has 1 aliphatic heterocycles. The summed E-state index contributed by atoms with van der Waals surface area (Å²) >= 11 is 6.05. The van der Waals surface area contributed by atoms with E-state index < -0.39 is 28.1 Å². The molecule has 1 fully saturated rings. The minimum atomic E-state index is -3.84. The highest BCUT2D eigenvalue weighted by Gasteiger charge is 2.35. The Balaban J connectivity index is 1.64. The van der Waals surface area contributed by atoms with Crippen molar-refractivity contribution in [1.82, 2.24) is 14.9 Å². The van der Waals surface area contributed by atoms with E-state index in [1.807, 2.05) is 13.0 Å². The minimum absolute atomic E-state index is 0.0962. The summed E-state index contributed by atoms with van der Waals surface area (Å²) in [5.74, 6) is -1.72. The molecule has 0 saturated carbocycles. The van der Waals surface area contributed by atoms with Crippen LogP contribution in [0, 0.1) is 13.8 Å². The average molecular weight is 480 g/mol. The molecule has 2 amide bonds. The SMILES string of the molecule is Cc1ccc(C)c(S(=O)(=O)N2CCCOC2CNC(=O)C(=O)NCc2ccccc2Cl)c1. The van der Waals surface area contributed by atoms with Crippen LogP contribution in [0.4, 0.5) is 0 Å². The lowest BCUT2D eigenvalue weighted by Gasteiger charge is -2.35. The van der Waals surface area contributed by atoms with E-state index in [0.29, 0.717) is 29.2 Å². The fraction of sp³-hybridized carbons (Fsp3) is 0.364. The number of hydrogen-bond donors (Lipinski definition) is 2. The Bertz CT molecular complexity index is 1110. The Morgan fingerprint density at radius 1 is 1.12 bits per heavy atom. The Labute approximate surface area is 192 Å². The van der Waals surface area contributed by atoms with Crippen molar-refractivity contribution in [3.8, 4) is 0 Å². The summed E-state index contributed by atoms with van der Waals surface area (Å²) in [5.41, 5.74) is 2.13. The van der Waals surface area contributed by atoms with Gasteiger partial charge in [-0.3, -0.25) is 9.59 Å². The van der Waals surface area contributed by atoms with E-state index in [9.17, 15) is 18.0 Å². The molecule has 0 aliphatic carbocycles. The molecule has 8 nitrogen and oxygen atoms in total. The molecule has 32 heavy (non-hydrogen) atoms. The number of nitrogens with zero attached hydrogens (tertiary/aromatic N) is 1. The third-order valence-corrected chi connectivity index (χ3v) is 7.52.